The molecule has 0 spiro atoms. The molecule has 0 fully saturated rings. The summed E-state index contributed by atoms with van der Waals surface area (Å²) in [6, 6.07) is 0. The van der Waals surface area contributed by atoms with E-state index in [0.29, 0.717) is 5.69 Å². The van der Waals surface area contributed by atoms with Gasteiger partial charge in [0.05, 0.1) is 12.4 Å². The third-order valence-corrected chi connectivity index (χ3v) is 2.70. The van der Waals surface area contributed by atoms with Gasteiger partial charge in [-0.05, 0) is 19.3 Å². The summed E-state index contributed by atoms with van der Waals surface area (Å²) in [6.07, 6.45) is 6.12. The zero-order valence-electron chi connectivity index (χ0n) is 12.1. The van der Waals surface area contributed by atoms with Gasteiger partial charge in [-0.15, -0.1) is 0 Å². The van der Waals surface area contributed by atoms with Gasteiger partial charge in [0.2, 0.25) is 0 Å². The number of amides is 1. The molecule has 1 rings (SSSR count). The summed E-state index contributed by atoms with van der Waals surface area (Å²) < 4.78 is 0. The molecule has 0 bridgehead atoms. The van der Waals surface area contributed by atoms with Gasteiger partial charge in [-0.3, -0.25) is 4.79 Å². The summed E-state index contributed by atoms with van der Waals surface area (Å²) in [5.74, 6) is 0.689. The first kappa shape index (κ1) is 15.4. The van der Waals surface area contributed by atoms with Gasteiger partial charge in [0.1, 0.15) is 11.5 Å². The predicted molar refractivity (Wildman–Crippen MR) is 77.3 cm³/mol. The SMILES string of the molecule is CCCNc1cnc(C(=O)N(CCC)CCC)cn1. The topological polar surface area (TPSA) is 58.1 Å². The van der Waals surface area contributed by atoms with Crippen LogP contribution in [0.15, 0.2) is 12.4 Å². The molecule has 0 saturated carbocycles. The molecule has 0 aliphatic rings. The van der Waals surface area contributed by atoms with E-state index in [2.05, 4.69) is 36.1 Å². The number of nitrogens with one attached hydrogen (secondary N) is 1. The quantitative estimate of drug-likeness (QED) is 0.784. The van der Waals surface area contributed by atoms with Crippen LogP contribution in [0.4, 0.5) is 5.82 Å². The van der Waals surface area contributed by atoms with Gasteiger partial charge >= 0.3 is 0 Å². The van der Waals surface area contributed by atoms with Crippen LogP contribution >= 0.6 is 0 Å². The molecule has 0 atom stereocenters. The van der Waals surface area contributed by atoms with Crippen LogP contribution in [0.2, 0.25) is 0 Å². The monoisotopic (exact) mass is 264 g/mol. The lowest BCUT2D eigenvalue weighted by atomic mass is 10.3. The molecule has 1 amide bonds. The van der Waals surface area contributed by atoms with Crippen molar-refractivity contribution < 1.29 is 4.79 Å². The van der Waals surface area contributed by atoms with Crippen molar-refractivity contribution in [1.29, 1.82) is 0 Å². The van der Waals surface area contributed by atoms with Gasteiger partial charge in [-0.25, -0.2) is 9.97 Å². The number of anilines is 1. The lowest BCUT2D eigenvalue weighted by Gasteiger charge is -2.20. The smallest absolute Gasteiger partial charge is 0.274 e. The molecule has 5 nitrogen and oxygen atoms in total. The second-order valence-electron chi connectivity index (χ2n) is 4.51. The van der Waals surface area contributed by atoms with E-state index in [-0.39, 0.29) is 5.91 Å². The summed E-state index contributed by atoms with van der Waals surface area (Å²) in [7, 11) is 0. The van der Waals surface area contributed by atoms with Crippen LogP contribution < -0.4 is 5.32 Å². The first-order valence-corrected chi connectivity index (χ1v) is 7.08. The molecule has 1 heterocycles. The number of hydrogen-bond donors (Lipinski definition) is 1. The fraction of sp³-hybridized carbons (Fsp3) is 0.643. The van der Waals surface area contributed by atoms with Crippen molar-refractivity contribution >= 4 is 11.7 Å². The molecule has 0 aliphatic heterocycles. The molecule has 0 aromatic carbocycles. The fourth-order valence-corrected chi connectivity index (χ4v) is 1.80. The van der Waals surface area contributed by atoms with Gasteiger partial charge < -0.3 is 10.2 Å². The van der Waals surface area contributed by atoms with E-state index in [0.717, 1.165) is 44.7 Å². The highest BCUT2D eigenvalue weighted by molar-refractivity contribution is 5.92. The summed E-state index contributed by atoms with van der Waals surface area (Å²) >= 11 is 0. The van der Waals surface area contributed by atoms with Crippen LogP contribution in [-0.2, 0) is 0 Å². The Morgan fingerprint density at radius 2 is 1.79 bits per heavy atom. The summed E-state index contributed by atoms with van der Waals surface area (Å²) in [4.78, 5) is 22.5. The van der Waals surface area contributed by atoms with E-state index in [1.54, 1.807) is 12.4 Å². The highest BCUT2D eigenvalue weighted by Gasteiger charge is 2.15. The summed E-state index contributed by atoms with van der Waals surface area (Å²) in [5.41, 5.74) is 0.420. The number of rotatable bonds is 8. The molecule has 5 heteroatoms. The van der Waals surface area contributed by atoms with Gasteiger partial charge in [-0.1, -0.05) is 20.8 Å². The van der Waals surface area contributed by atoms with Crippen LogP contribution in [0.5, 0.6) is 0 Å². The molecule has 0 radical (unpaired) electrons. The van der Waals surface area contributed by atoms with Gasteiger partial charge in [0.15, 0.2) is 0 Å². The summed E-state index contributed by atoms with van der Waals surface area (Å²) in [5, 5.41) is 3.14. The highest BCUT2D eigenvalue weighted by atomic mass is 16.2. The normalized spacial score (nSPS) is 10.3. The molecule has 1 N–H and O–H groups in total. The van der Waals surface area contributed by atoms with E-state index in [1.165, 1.54) is 0 Å². The van der Waals surface area contributed by atoms with E-state index < -0.39 is 0 Å². The third kappa shape index (κ3) is 4.85. The van der Waals surface area contributed by atoms with Crippen molar-refractivity contribution in [2.75, 3.05) is 25.0 Å². The maximum Gasteiger partial charge on any atom is 0.274 e. The Hall–Kier alpha value is -1.65. The zero-order chi connectivity index (χ0) is 14.1. The Kier molecular flexibility index (Phi) is 6.85. The Balaban J connectivity index is 2.69. The van der Waals surface area contributed by atoms with Crippen LogP contribution in [0.1, 0.15) is 50.5 Å². The van der Waals surface area contributed by atoms with Crippen molar-refractivity contribution in [1.82, 2.24) is 14.9 Å². The van der Waals surface area contributed by atoms with Crippen molar-refractivity contribution in [2.45, 2.75) is 40.0 Å². The average Bonchev–Trinajstić information content (AvgIpc) is 2.44. The number of carbonyl (C=O) groups is 1. The standard InChI is InChI=1S/C14H24N4O/c1-4-7-15-13-11-16-12(10-17-13)14(19)18(8-5-2)9-6-3/h10-11H,4-9H2,1-3H3,(H,15,17). The van der Waals surface area contributed by atoms with Crippen LogP contribution in [0.3, 0.4) is 0 Å². The largest absolute Gasteiger partial charge is 0.369 e. The third-order valence-electron chi connectivity index (χ3n) is 2.70. The maximum atomic E-state index is 12.3. The lowest BCUT2D eigenvalue weighted by Crippen LogP contribution is -2.33. The van der Waals surface area contributed by atoms with Gasteiger partial charge in [0, 0.05) is 19.6 Å². The minimum atomic E-state index is -0.0294. The van der Waals surface area contributed by atoms with E-state index >= 15 is 0 Å². The lowest BCUT2D eigenvalue weighted by molar-refractivity contribution is 0.0749. The predicted octanol–water partition coefficient (Wildman–Crippen LogP) is 2.56. The second kappa shape index (κ2) is 8.45. The van der Waals surface area contributed by atoms with Crippen molar-refractivity contribution in [3.05, 3.63) is 18.1 Å². The van der Waals surface area contributed by atoms with Crippen molar-refractivity contribution in [3.8, 4) is 0 Å². The molecule has 1 aromatic rings. The molecule has 0 saturated heterocycles. The average molecular weight is 264 g/mol. The number of carbonyl (C=O) groups excluding carboxylic acids is 1. The first-order valence-electron chi connectivity index (χ1n) is 7.08. The van der Waals surface area contributed by atoms with E-state index in [1.807, 2.05) is 4.90 Å². The molecular weight excluding hydrogens is 240 g/mol. The number of aromatic nitrogens is 2. The van der Waals surface area contributed by atoms with Crippen molar-refractivity contribution in [2.24, 2.45) is 0 Å². The second-order valence-corrected chi connectivity index (χ2v) is 4.51. The van der Waals surface area contributed by atoms with Crippen LogP contribution in [0.25, 0.3) is 0 Å². The molecule has 0 unspecified atom stereocenters. The van der Waals surface area contributed by atoms with Crippen molar-refractivity contribution in [3.63, 3.8) is 0 Å². The fourth-order valence-electron chi connectivity index (χ4n) is 1.80. The van der Waals surface area contributed by atoms with Gasteiger partial charge in [0.25, 0.3) is 5.91 Å². The van der Waals surface area contributed by atoms with Crippen LogP contribution in [-0.4, -0.2) is 40.4 Å². The summed E-state index contributed by atoms with van der Waals surface area (Å²) in [6.45, 7) is 8.62. The zero-order valence-corrected chi connectivity index (χ0v) is 12.1. The maximum absolute atomic E-state index is 12.3. The molecule has 1 aromatic heterocycles. The minimum Gasteiger partial charge on any atom is -0.369 e. The Labute approximate surface area is 115 Å². The van der Waals surface area contributed by atoms with E-state index in [9.17, 15) is 4.79 Å². The Morgan fingerprint density at radius 3 is 2.26 bits per heavy atom. The molecule has 106 valence electrons. The Morgan fingerprint density at radius 1 is 1.11 bits per heavy atom. The first-order chi connectivity index (χ1) is 9.22. The number of hydrogen-bond acceptors (Lipinski definition) is 4. The molecule has 0 aliphatic carbocycles. The van der Waals surface area contributed by atoms with E-state index in [4.69, 9.17) is 0 Å². The molecule has 19 heavy (non-hydrogen) atoms. The molecular formula is C14H24N4O. The highest BCUT2D eigenvalue weighted by Crippen LogP contribution is 2.06. The van der Waals surface area contributed by atoms with Gasteiger partial charge in [-0.2, -0.15) is 0 Å². The minimum absolute atomic E-state index is 0.0294. The van der Waals surface area contributed by atoms with Crippen LogP contribution in [0, 0.1) is 0 Å². The number of nitrogens with zero attached hydrogens (tertiary/aromatic N) is 3. The Bertz CT molecular complexity index is 372.